The molecule has 13 heavy (non-hydrogen) atoms. The van der Waals surface area contributed by atoms with Gasteiger partial charge >= 0.3 is 0 Å². The molecule has 0 bridgehead atoms. The van der Waals surface area contributed by atoms with E-state index in [0.29, 0.717) is 0 Å². The summed E-state index contributed by atoms with van der Waals surface area (Å²) < 4.78 is 0. The summed E-state index contributed by atoms with van der Waals surface area (Å²) in [6.07, 6.45) is 2.75. The molecule has 0 spiro atoms. The van der Waals surface area contributed by atoms with Gasteiger partial charge in [0.2, 0.25) is 5.91 Å². The molecule has 0 aliphatic heterocycles. The van der Waals surface area contributed by atoms with Gasteiger partial charge in [0, 0.05) is 31.9 Å². The molecular weight excluding hydrogens is 184 g/mol. The fourth-order valence-electron chi connectivity index (χ4n) is 1.06. The highest BCUT2D eigenvalue weighted by Crippen LogP contribution is 1.97. The molecule has 0 fully saturated rings. The van der Waals surface area contributed by atoms with Crippen LogP contribution in [-0.2, 0) is 11.2 Å². The molecule has 0 atom stereocenters. The van der Waals surface area contributed by atoms with Gasteiger partial charge in [0.15, 0.2) is 0 Å². The molecule has 0 radical (unpaired) electrons. The van der Waals surface area contributed by atoms with Crippen LogP contribution in [0.5, 0.6) is 0 Å². The molecule has 0 aliphatic carbocycles. The molecular formula is C9H14N2OS. The van der Waals surface area contributed by atoms with Crippen LogP contribution in [0.3, 0.4) is 0 Å². The van der Waals surface area contributed by atoms with Crippen LogP contribution in [0.15, 0.2) is 18.3 Å². The number of aromatic amines is 1. The van der Waals surface area contributed by atoms with Crippen molar-refractivity contribution in [3.63, 3.8) is 0 Å². The van der Waals surface area contributed by atoms with Crippen molar-refractivity contribution in [3.05, 3.63) is 24.0 Å². The Labute approximate surface area is 83.5 Å². The first-order valence-corrected chi connectivity index (χ1v) is 4.84. The fraction of sp³-hybridized carbons (Fsp3) is 0.444. The van der Waals surface area contributed by atoms with E-state index in [1.807, 2.05) is 18.3 Å². The Morgan fingerprint density at radius 3 is 3.00 bits per heavy atom. The predicted molar refractivity (Wildman–Crippen MR) is 56.0 cm³/mol. The number of likely N-dealkylation sites (N-methyl/N-ethyl adjacent to an activating group) is 1. The quantitative estimate of drug-likeness (QED) is 0.694. The highest BCUT2D eigenvalue weighted by Gasteiger charge is 2.05. The topological polar surface area (TPSA) is 36.1 Å². The molecule has 3 nitrogen and oxygen atoms in total. The highest BCUT2D eigenvalue weighted by molar-refractivity contribution is 7.81. The second kappa shape index (κ2) is 4.97. The standard InChI is InChI=1S/C9H14N2OS/c1-11(9(12)7-13)6-4-8-3-2-5-10-8/h2-3,5,10,13H,4,6-7H2,1H3. The number of carbonyl (C=O) groups is 1. The Balaban J connectivity index is 2.30. The van der Waals surface area contributed by atoms with E-state index in [-0.39, 0.29) is 11.7 Å². The van der Waals surface area contributed by atoms with Crippen LogP contribution in [0.2, 0.25) is 0 Å². The molecule has 1 aromatic rings. The van der Waals surface area contributed by atoms with Crippen LogP contribution >= 0.6 is 12.6 Å². The SMILES string of the molecule is CN(CCc1ccc[nH]1)C(=O)CS. The third-order valence-corrected chi connectivity index (χ3v) is 2.21. The van der Waals surface area contributed by atoms with Gasteiger partial charge in [0.05, 0.1) is 5.75 Å². The summed E-state index contributed by atoms with van der Waals surface area (Å²) in [6.45, 7) is 0.736. The first-order chi connectivity index (χ1) is 6.24. The zero-order valence-corrected chi connectivity index (χ0v) is 8.55. The summed E-state index contributed by atoms with van der Waals surface area (Å²) in [4.78, 5) is 15.9. The number of aromatic nitrogens is 1. The lowest BCUT2D eigenvalue weighted by molar-refractivity contribution is -0.127. The van der Waals surface area contributed by atoms with Crippen molar-refractivity contribution >= 4 is 18.5 Å². The van der Waals surface area contributed by atoms with Crippen molar-refractivity contribution in [2.75, 3.05) is 19.3 Å². The number of rotatable bonds is 4. The Morgan fingerprint density at radius 2 is 2.46 bits per heavy atom. The van der Waals surface area contributed by atoms with E-state index in [0.717, 1.165) is 18.7 Å². The van der Waals surface area contributed by atoms with E-state index in [1.165, 1.54) is 0 Å². The Morgan fingerprint density at radius 1 is 1.69 bits per heavy atom. The van der Waals surface area contributed by atoms with Gasteiger partial charge < -0.3 is 9.88 Å². The highest BCUT2D eigenvalue weighted by atomic mass is 32.1. The van der Waals surface area contributed by atoms with Crippen molar-refractivity contribution in [3.8, 4) is 0 Å². The summed E-state index contributed by atoms with van der Waals surface area (Å²) in [7, 11) is 1.79. The minimum absolute atomic E-state index is 0.0647. The Hall–Kier alpha value is -0.900. The first-order valence-electron chi connectivity index (χ1n) is 4.21. The lowest BCUT2D eigenvalue weighted by Crippen LogP contribution is -2.29. The summed E-state index contributed by atoms with van der Waals surface area (Å²) >= 11 is 3.92. The minimum atomic E-state index is 0.0647. The van der Waals surface area contributed by atoms with E-state index in [2.05, 4.69) is 17.6 Å². The molecule has 0 saturated heterocycles. The molecule has 72 valence electrons. The average Bonchev–Trinajstić information content (AvgIpc) is 2.65. The number of hydrogen-bond donors (Lipinski definition) is 2. The van der Waals surface area contributed by atoms with E-state index < -0.39 is 0 Å². The molecule has 1 rings (SSSR count). The number of carbonyl (C=O) groups excluding carboxylic acids is 1. The molecule has 1 N–H and O–H groups in total. The maximum Gasteiger partial charge on any atom is 0.232 e. The number of nitrogens with one attached hydrogen (secondary N) is 1. The fourth-order valence-corrected chi connectivity index (χ4v) is 1.30. The van der Waals surface area contributed by atoms with E-state index >= 15 is 0 Å². The van der Waals surface area contributed by atoms with Crippen molar-refractivity contribution in [2.45, 2.75) is 6.42 Å². The number of thiol groups is 1. The van der Waals surface area contributed by atoms with Gasteiger partial charge in [-0.15, -0.1) is 0 Å². The van der Waals surface area contributed by atoms with Gasteiger partial charge in [0.25, 0.3) is 0 Å². The molecule has 0 aliphatic rings. The third-order valence-electron chi connectivity index (χ3n) is 1.94. The monoisotopic (exact) mass is 198 g/mol. The number of amides is 1. The number of nitrogens with zero attached hydrogens (tertiary/aromatic N) is 1. The van der Waals surface area contributed by atoms with Crippen molar-refractivity contribution in [1.29, 1.82) is 0 Å². The third kappa shape index (κ3) is 3.14. The molecule has 0 unspecified atom stereocenters. The maximum absolute atomic E-state index is 11.1. The van der Waals surface area contributed by atoms with Gasteiger partial charge in [-0.1, -0.05) is 0 Å². The lowest BCUT2D eigenvalue weighted by atomic mass is 10.3. The minimum Gasteiger partial charge on any atom is -0.365 e. The molecule has 0 aromatic carbocycles. The summed E-state index contributed by atoms with van der Waals surface area (Å²) in [6, 6.07) is 3.97. The van der Waals surface area contributed by atoms with Gasteiger partial charge in [-0.05, 0) is 12.1 Å². The van der Waals surface area contributed by atoms with E-state index in [4.69, 9.17) is 0 Å². The molecule has 0 saturated carbocycles. The summed E-state index contributed by atoms with van der Waals surface area (Å²) in [5, 5.41) is 0. The maximum atomic E-state index is 11.1. The number of H-pyrrole nitrogens is 1. The van der Waals surface area contributed by atoms with Crippen LogP contribution in [0.25, 0.3) is 0 Å². The van der Waals surface area contributed by atoms with Gasteiger partial charge in [-0.25, -0.2) is 0 Å². The smallest absolute Gasteiger partial charge is 0.232 e. The predicted octanol–water partition coefficient (Wildman–Crippen LogP) is 0.945. The van der Waals surface area contributed by atoms with Gasteiger partial charge in [-0.2, -0.15) is 12.6 Å². The second-order valence-corrected chi connectivity index (χ2v) is 3.23. The summed E-state index contributed by atoms with van der Waals surface area (Å²) in [5.74, 6) is 0.344. The Bertz CT molecular complexity index is 259. The van der Waals surface area contributed by atoms with E-state index in [9.17, 15) is 4.79 Å². The van der Waals surface area contributed by atoms with E-state index in [1.54, 1.807) is 11.9 Å². The van der Waals surface area contributed by atoms with Crippen molar-refractivity contribution in [2.24, 2.45) is 0 Å². The zero-order valence-electron chi connectivity index (χ0n) is 7.66. The summed E-state index contributed by atoms with van der Waals surface area (Å²) in [5.41, 5.74) is 1.15. The van der Waals surface area contributed by atoms with Crippen LogP contribution in [0.1, 0.15) is 5.69 Å². The van der Waals surface area contributed by atoms with Crippen molar-refractivity contribution in [1.82, 2.24) is 9.88 Å². The lowest BCUT2D eigenvalue weighted by Gasteiger charge is -2.14. The molecule has 1 heterocycles. The molecule has 1 aromatic heterocycles. The van der Waals surface area contributed by atoms with Crippen LogP contribution < -0.4 is 0 Å². The van der Waals surface area contributed by atoms with Crippen LogP contribution in [-0.4, -0.2) is 35.1 Å². The normalized spacial score (nSPS) is 10.0. The zero-order chi connectivity index (χ0) is 9.68. The number of hydrogen-bond acceptors (Lipinski definition) is 2. The van der Waals surface area contributed by atoms with Crippen LogP contribution in [0, 0.1) is 0 Å². The molecule has 1 amide bonds. The van der Waals surface area contributed by atoms with Crippen molar-refractivity contribution < 1.29 is 4.79 Å². The van der Waals surface area contributed by atoms with Crippen LogP contribution in [0.4, 0.5) is 0 Å². The Kier molecular flexibility index (Phi) is 3.89. The van der Waals surface area contributed by atoms with Gasteiger partial charge in [0.1, 0.15) is 0 Å². The average molecular weight is 198 g/mol. The van der Waals surface area contributed by atoms with Gasteiger partial charge in [-0.3, -0.25) is 4.79 Å². The second-order valence-electron chi connectivity index (χ2n) is 2.92. The molecule has 4 heteroatoms. The largest absolute Gasteiger partial charge is 0.365 e. The first kappa shape index (κ1) is 10.2.